The average Bonchev–Trinajstić information content (AvgIpc) is 2.49. The molecule has 0 spiro atoms. The van der Waals surface area contributed by atoms with E-state index in [0.29, 0.717) is 22.7 Å². The summed E-state index contributed by atoms with van der Waals surface area (Å²) in [6, 6.07) is 11.1. The van der Waals surface area contributed by atoms with Gasteiger partial charge in [0.25, 0.3) is 5.91 Å². The first-order valence-electron chi connectivity index (χ1n) is 6.72. The quantitative estimate of drug-likeness (QED) is 0.914. The zero-order valence-corrected chi connectivity index (χ0v) is 11.6. The molecule has 2 amide bonds. The molecule has 112 valence electrons. The highest BCUT2D eigenvalue weighted by atomic mass is 19.1. The average molecular weight is 300 g/mol. The SMILES string of the molecule is O=C(Cc1ccccc1F)Nc1ccc2c(c1)NC(=O)CO2. The standard InChI is InChI=1S/C16H13FN2O3/c17-12-4-2-1-3-10(12)7-15(20)18-11-5-6-14-13(8-11)19-16(21)9-22-14/h1-6,8H,7,9H2,(H,18,20)(H,19,21). The number of halogens is 1. The molecule has 1 aliphatic rings. The molecule has 0 saturated carbocycles. The van der Waals surface area contributed by atoms with Crippen LogP contribution in [0, 0.1) is 5.82 Å². The molecule has 0 atom stereocenters. The Morgan fingerprint density at radius 1 is 1.27 bits per heavy atom. The highest BCUT2D eigenvalue weighted by Gasteiger charge is 2.16. The summed E-state index contributed by atoms with van der Waals surface area (Å²) in [4.78, 5) is 23.2. The third kappa shape index (κ3) is 3.06. The van der Waals surface area contributed by atoms with Crippen molar-refractivity contribution in [2.75, 3.05) is 17.2 Å². The largest absolute Gasteiger partial charge is 0.482 e. The molecule has 2 aromatic rings. The normalized spacial score (nSPS) is 12.9. The topological polar surface area (TPSA) is 67.4 Å². The van der Waals surface area contributed by atoms with Crippen LogP contribution in [-0.2, 0) is 16.0 Å². The third-order valence-electron chi connectivity index (χ3n) is 3.21. The fourth-order valence-corrected chi connectivity index (χ4v) is 2.18. The molecule has 0 bridgehead atoms. The van der Waals surface area contributed by atoms with Crippen LogP contribution in [0.3, 0.4) is 0 Å². The summed E-state index contributed by atoms with van der Waals surface area (Å²) in [7, 11) is 0. The van der Waals surface area contributed by atoms with Gasteiger partial charge in [0.05, 0.1) is 12.1 Å². The second-order valence-corrected chi connectivity index (χ2v) is 4.86. The number of carbonyl (C=O) groups excluding carboxylic acids is 2. The zero-order chi connectivity index (χ0) is 15.5. The summed E-state index contributed by atoms with van der Waals surface area (Å²) in [6.45, 7) is -0.0218. The molecule has 5 nitrogen and oxygen atoms in total. The number of hydrogen-bond donors (Lipinski definition) is 2. The lowest BCUT2D eigenvalue weighted by Gasteiger charge is -2.18. The molecule has 0 aromatic heterocycles. The monoisotopic (exact) mass is 300 g/mol. The van der Waals surface area contributed by atoms with Crippen LogP contribution in [0.2, 0.25) is 0 Å². The van der Waals surface area contributed by atoms with Crippen LogP contribution in [0.1, 0.15) is 5.56 Å². The van der Waals surface area contributed by atoms with Gasteiger partial charge in [0.2, 0.25) is 5.91 Å². The van der Waals surface area contributed by atoms with E-state index in [1.807, 2.05) is 0 Å². The van der Waals surface area contributed by atoms with Gasteiger partial charge in [0.1, 0.15) is 11.6 Å². The summed E-state index contributed by atoms with van der Waals surface area (Å²) in [5, 5.41) is 5.33. The first-order chi connectivity index (χ1) is 10.6. The Morgan fingerprint density at radius 2 is 2.09 bits per heavy atom. The van der Waals surface area contributed by atoms with Gasteiger partial charge in [-0.1, -0.05) is 18.2 Å². The Labute approximate surface area is 126 Å². The molecule has 0 unspecified atom stereocenters. The van der Waals surface area contributed by atoms with Gasteiger partial charge < -0.3 is 15.4 Å². The maximum atomic E-state index is 13.5. The molecule has 0 saturated heterocycles. The van der Waals surface area contributed by atoms with Crippen LogP contribution in [0.5, 0.6) is 5.75 Å². The Kier molecular flexibility index (Phi) is 3.74. The number of ether oxygens (including phenoxy) is 1. The fourth-order valence-electron chi connectivity index (χ4n) is 2.18. The highest BCUT2D eigenvalue weighted by molar-refractivity contribution is 5.98. The highest BCUT2D eigenvalue weighted by Crippen LogP contribution is 2.30. The number of anilines is 2. The molecule has 2 aromatic carbocycles. The van der Waals surface area contributed by atoms with Crippen LogP contribution >= 0.6 is 0 Å². The third-order valence-corrected chi connectivity index (χ3v) is 3.21. The summed E-state index contributed by atoms with van der Waals surface area (Å²) in [5.74, 6) is -0.453. The number of benzene rings is 2. The van der Waals surface area contributed by atoms with Gasteiger partial charge >= 0.3 is 0 Å². The molecule has 2 N–H and O–H groups in total. The van der Waals surface area contributed by atoms with Crippen molar-refractivity contribution in [3.05, 3.63) is 53.8 Å². The predicted molar refractivity (Wildman–Crippen MR) is 79.3 cm³/mol. The van der Waals surface area contributed by atoms with E-state index in [4.69, 9.17) is 4.74 Å². The Bertz CT molecular complexity index is 746. The molecule has 22 heavy (non-hydrogen) atoms. The van der Waals surface area contributed by atoms with Crippen molar-refractivity contribution in [1.29, 1.82) is 0 Å². The van der Waals surface area contributed by atoms with E-state index in [9.17, 15) is 14.0 Å². The lowest BCUT2D eigenvalue weighted by Crippen LogP contribution is -2.25. The fraction of sp³-hybridized carbons (Fsp3) is 0.125. The predicted octanol–water partition coefficient (Wildman–Crippen LogP) is 2.34. The van der Waals surface area contributed by atoms with Crippen molar-refractivity contribution in [2.45, 2.75) is 6.42 Å². The second kappa shape index (κ2) is 5.85. The van der Waals surface area contributed by atoms with E-state index in [-0.39, 0.29) is 24.8 Å². The molecular weight excluding hydrogens is 287 g/mol. The summed E-state index contributed by atoms with van der Waals surface area (Å²) in [5.41, 5.74) is 1.33. The number of rotatable bonds is 3. The van der Waals surface area contributed by atoms with Crippen LogP contribution in [0.25, 0.3) is 0 Å². The maximum absolute atomic E-state index is 13.5. The lowest BCUT2D eigenvalue weighted by atomic mass is 10.1. The number of amides is 2. The van der Waals surface area contributed by atoms with Crippen LogP contribution in [-0.4, -0.2) is 18.4 Å². The Balaban J connectivity index is 1.71. The van der Waals surface area contributed by atoms with Crippen molar-refractivity contribution in [1.82, 2.24) is 0 Å². The van der Waals surface area contributed by atoms with Crippen molar-refractivity contribution in [3.8, 4) is 5.75 Å². The van der Waals surface area contributed by atoms with E-state index in [1.54, 1.807) is 36.4 Å². The molecule has 0 fully saturated rings. The van der Waals surface area contributed by atoms with Gasteiger partial charge in [0.15, 0.2) is 6.61 Å². The van der Waals surface area contributed by atoms with E-state index >= 15 is 0 Å². The number of carbonyl (C=O) groups is 2. The Hall–Kier alpha value is -2.89. The van der Waals surface area contributed by atoms with Gasteiger partial charge in [-0.2, -0.15) is 0 Å². The van der Waals surface area contributed by atoms with Crippen molar-refractivity contribution < 1.29 is 18.7 Å². The van der Waals surface area contributed by atoms with Gasteiger partial charge in [-0.3, -0.25) is 9.59 Å². The molecule has 3 rings (SSSR count). The van der Waals surface area contributed by atoms with E-state index in [0.717, 1.165) is 0 Å². The number of fused-ring (bicyclic) bond motifs is 1. The number of hydrogen-bond acceptors (Lipinski definition) is 3. The zero-order valence-electron chi connectivity index (χ0n) is 11.6. The molecular formula is C16H13FN2O3. The van der Waals surface area contributed by atoms with E-state index < -0.39 is 5.82 Å². The molecule has 1 aliphatic heterocycles. The van der Waals surface area contributed by atoms with Crippen LogP contribution in [0.15, 0.2) is 42.5 Å². The summed E-state index contributed by atoms with van der Waals surface area (Å²) in [6.07, 6.45) is -0.0629. The first kappa shape index (κ1) is 14.1. The molecule has 6 heteroatoms. The summed E-state index contributed by atoms with van der Waals surface area (Å²) >= 11 is 0. The number of nitrogens with one attached hydrogen (secondary N) is 2. The summed E-state index contributed by atoms with van der Waals surface area (Å²) < 4.78 is 18.7. The van der Waals surface area contributed by atoms with Crippen molar-refractivity contribution in [3.63, 3.8) is 0 Å². The van der Waals surface area contributed by atoms with Gasteiger partial charge in [-0.15, -0.1) is 0 Å². The minimum Gasteiger partial charge on any atom is -0.482 e. The maximum Gasteiger partial charge on any atom is 0.262 e. The smallest absolute Gasteiger partial charge is 0.262 e. The Morgan fingerprint density at radius 3 is 2.91 bits per heavy atom. The van der Waals surface area contributed by atoms with Gasteiger partial charge in [0, 0.05) is 5.69 Å². The van der Waals surface area contributed by atoms with Crippen molar-refractivity contribution in [2.24, 2.45) is 0 Å². The minimum atomic E-state index is -0.413. The lowest BCUT2D eigenvalue weighted by molar-refractivity contribution is -0.118. The van der Waals surface area contributed by atoms with E-state index in [1.165, 1.54) is 6.07 Å². The second-order valence-electron chi connectivity index (χ2n) is 4.86. The van der Waals surface area contributed by atoms with Crippen LogP contribution < -0.4 is 15.4 Å². The molecule has 1 heterocycles. The molecule has 0 radical (unpaired) electrons. The minimum absolute atomic E-state index is 0.0218. The van der Waals surface area contributed by atoms with Gasteiger partial charge in [-0.25, -0.2) is 4.39 Å². The first-order valence-corrected chi connectivity index (χ1v) is 6.72. The van der Waals surface area contributed by atoms with Crippen molar-refractivity contribution >= 4 is 23.2 Å². The molecule has 0 aliphatic carbocycles. The van der Waals surface area contributed by atoms with Gasteiger partial charge in [-0.05, 0) is 29.8 Å². The van der Waals surface area contributed by atoms with Crippen LogP contribution in [0.4, 0.5) is 15.8 Å². The van der Waals surface area contributed by atoms with E-state index in [2.05, 4.69) is 10.6 Å².